The number of ether oxygens (including phenoxy) is 1. The lowest BCUT2D eigenvalue weighted by molar-refractivity contribution is 0.141. The van der Waals surface area contributed by atoms with E-state index in [0.29, 0.717) is 17.6 Å². The van der Waals surface area contributed by atoms with E-state index in [0.717, 1.165) is 37.4 Å². The van der Waals surface area contributed by atoms with Crippen molar-refractivity contribution in [2.24, 2.45) is 0 Å². The van der Waals surface area contributed by atoms with E-state index in [9.17, 15) is 0 Å². The number of nitrogens with one attached hydrogen (secondary N) is 1. The molecule has 0 aliphatic heterocycles. The Morgan fingerprint density at radius 1 is 1.24 bits per heavy atom. The predicted molar refractivity (Wildman–Crippen MR) is 70.7 cm³/mol. The SMILES string of the molecule is CCCCOCCNc1nc(C)nc(Cl)c1C. The lowest BCUT2D eigenvalue weighted by Gasteiger charge is -2.10. The number of aryl methyl sites for hydroxylation is 1. The van der Waals surface area contributed by atoms with Gasteiger partial charge in [0.2, 0.25) is 0 Å². The first kappa shape index (κ1) is 14.2. The van der Waals surface area contributed by atoms with Gasteiger partial charge in [-0.25, -0.2) is 9.97 Å². The minimum Gasteiger partial charge on any atom is -0.380 e. The van der Waals surface area contributed by atoms with Crippen molar-refractivity contribution in [1.82, 2.24) is 9.97 Å². The Morgan fingerprint density at radius 3 is 2.71 bits per heavy atom. The summed E-state index contributed by atoms with van der Waals surface area (Å²) in [6, 6.07) is 0. The highest BCUT2D eigenvalue weighted by Crippen LogP contribution is 2.19. The van der Waals surface area contributed by atoms with Gasteiger partial charge in [-0.3, -0.25) is 0 Å². The van der Waals surface area contributed by atoms with Crippen LogP contribution in [0, 0.1) is 13.8 Å². The Kier molecular flexibility index (Phi) is 6.22. The molecule has 0 aliphatic rings. The van der Waals surface area contributed by atoms with Crippen molar-refractivity contribution in [3.05, 3.63) is 16.5 Å². The number of nitrogens with zero attached hydrogens (tertiary/aromatic N) is 2. The van der Waals surface area contributed by atoms with Crippen molar-refractivity contribution in [3.63, 3.8) is 0 Å². The highest BCUT2D eigenvalue weighted by molar-refractivity contribution is 6.30. The van der Waals surface area contributed by atoms with Crippen LogP contribution in [0.1, 0.15) is 31.2 Å². The number of aromatic nitrogens is 2. The number of rotatable bonds is 7. The average molecular weight is 258 g/mol. The van der Waals surface area contributed by atoms with Gasteiger partial charge in [-0.05, 0) is 20.3 Å². The van der Waals surface area contributed by atoms with Gasteiger partial charge in [-0.1, -0.05) is 24.9 Å². The number of anilines is 1. The van der Waals surface area contributed by atoms with Crippen LogP contribution in [0.25, 0.3) is 0 Å². The molecular weight excluding hydrogens is 238 g/mol. The molecule has 17 heavy (non-hydrogen) atoms. The fourth-order valence-corrected chi connectivity index (χ4v) is 1.57. The summed E-state index contributed by atoms with van der Waals surface area (Å²) in [7, 11) is 0. The summed E-state index contributed by atoms with van der Waals surface area (Å²) in [5, 5.41) is 3.72. The molecule has 0 spiro atoms. The van der Waals surface area contributed by atoms with Crippen molar-refractivity contribution >= 4 is 17.4 Å². The van der Waals surface area contributed by atoms with E-state index in [4.69, 9.17) is 16.3 Å². The standard InChI is InChI=1S/C12H20ClN3O/c1-4-5-7-17-8-6-14-12-9(2)11(13)15-10(3)16-12/h4-8H2,1-3H3,(H,14,15,16). The quantitative estimate of drug-likeness (QED) is 0.603. The van der Waals surface area contributed by atoms with E-state index in [1.807, 2.05) is 13.8 Å². The van der Waals surface area contributed by atoms with Crippen LogP contribution in [0.2, 0.25) is 5.15 Å². The third-order valence-electron chi connectivity index (χ3n) is 2.38. The molecular formula is C12H20ClN3O. The van der Waals surface area contributed by atoms with Gasteiger partial charge in [0, 0.05) is 18.7 Å². The van der Waals surface area contributed by atoms with E-state index in [1.54, 1.807) is 0 Å². The minimum absolute atomic E-state index is 0.506. The van der Waals surface area contributed by atoms with Crippen LogP contribution < -0.4 is 5.32 Å². The molecule has 4 nitrogen and oxygen atoms in total. The molecule has 1 aromatic rings. The Hall–Kier alpha value is -0.870. The van der Waals surface area contributed by atoms with E-state index < -0.39 is 0 Å². The Labute approximate surface area is 108 Å². The minimum atomic E-state index is 0.506. The van der Waals surface area contributed by atoms with Crippen LogP contribution in [0.15, 0.2) is 0 Å². The molecule has 1 N–H and O–H groups in total. The maximum absolute atomic E-state index is 5.98. The summed E-state index contributed by atoms with van der Waals surface area (Å²) in [6.07, 6.45) is 2.27. The molecule has 0 aromatic carbocycles. The molecule has 0 aliphatic carbocycles. The molecule has 0 amide bonds. The van der Waals surface area contributed by atoms with Crippen molar-refractivity contribution in [2.75, 3.05) is 25.1 Å². The first-order valence-electron chi connectivity index (χ1n) is 5.97. The van der Waals surface area contributed by atoms with Gasteiger partial charge in [0.25, 0.3) is 0 Å². The summed E-state index contributed by atoms with van der Waals surface area (Å²) in [4.78, 5) is 8.39. The van der Waals surface area contributed by atoms with Crippen molar-refractivity contribution in [3.8, 4) is 0 Å². The zero-order valence-corrected chi connectivity index (χ0v) is 11.5. The molecule has 0 unspecified atom stereocenters. The summed E-state index contributed by atoms with van der Waals surface area (Å²) in [5.41, 5.74) is 0.880. The maximum atomic E-state index is 5.98. The summed E-state index contributed by atoms with van der Waals surface area (Å²) in [5.74, 6) is 1.47. The largest absolute Gasteiger partial charge is 0.380 e. The van der Waals surface area contributed by atoms with Gasteiger partial charge in [-0.15, -0.1) is 0 Å². The van der Waals surface area contributed by atoms with Crippen LogP contribution in [0.4, 0.5) is 5.82 Å². The second-order valence-corrected chi connectivity index (χ2v) is 4.29. The molecule has 0 saturated carbocycles. The first-order chi connectivity index (χ1) is 8.15. The lowest BCUT2D eigenvalue weighted by Crippen LogP contribution is -2.12. The van der Waals surface area contributed by atoms with Gasteiger partial charge in [0.1, 0.15) is 16.8 Å². The second kappa shape index (κ2) is 7.45. The third kappa shape index (κ3) is 4.88. The molecule has 0 bridgehead atoms. The summed E-state index contributed by atoms with van der Waals surface area (Å²) in [6.45, 7) is 8.12. The lowest BCUT2D eigenvalue weighted by atomic mass is 10.3. The Morgan fingerprint density at radius 2 is 2.00 bits per heavy atom. The van der Waals surface area contributed by atoms with Gasteiger partial charge in [-0.2, -0.15) is 0 Å². The highest BCUT2D eigenvalue weighted by Gasteiger charge is 2.06. The molecule has 0 fully saturated rings. The molecule has 1 rings (SSSR count). The van der Waals surface area contributed by atoms with Crippen LogP contribution in [-0.4, -0.2) is 29.7 Å². The fourth-order valence-electron chi connectivity index (χ4n) is 1.36. The van der Waals surface area contributed by atoms with Crippen molar-refractivity contribution in [2.45, 2.75) is 33.6 Å². The molecule has 1 heterocycles. The topological polar surface area (TPSA) is 47.0 Å². The zero-order valence-electron chi connectivity index (χ0n) is 10.7. The van der Waals surface area contributed by atoms with E-state index in [-0.39, 0.29) is 0 Å². The highest BCUT2D eigenvalue weighted by atomic mass is 35.5. The van der Waals surface area contributed by atoms with E-state index in [1.165, 1.54) is 0 Å². The Bertz CT molecular complexity index is 358. The maximum Gasteiger partial charge on any atom is 0.137 e. The van der Waals surface area contributed by atoms with Crippen LogP contribution in [0.5, 0.6) is 0 Å². The zero-order chi connectivity index (χ0) is 12.7. The molecule has 0 saturated heterocycles. The Balaban J connectivity index is 2.36. The van der Waals surface area contributed by atoms with Crippen molar-refractivity contribution < 1.29 is 4.74 Å². The molecule has 1 aromatic heterocycles. The normalized spacial score (nSPS) is 10.6. The number of unbranched alkanes of at least 4 members (excludes halogenated alkanes) is 1. The fraction of sp³-hybridized carbons (Fsp3) is 0.667. The number of halogens is 1. The number of hydrogen-bond donors (Lipinski definition) is 1. The first-order valence-corrected chi connectivity index (χ1v) is 6.35. The average Bonchev–Trinajstić information content (AvgIpc) is 2.29. The molecule has 5 heteroatoms. The van der Waals surface area contributed by atoms with Crippen LogP contribution >= 0.6 is 11.6 Å². The summed E-state index contributed by atoms with van der Waals surface area (Å²) < 4.78 is 5.46. The monoisotopic (exact) mass is 257 g/mol. The number of hydrogen-bond acceptors (Lipinski definition) is 4. The smallest absolute Gasteiger partial charge is 0.137 e. The molecule has 0 radical (unpaired) electrons. The molecule has 96 valence electrons. The molecule has 0 atom stereocenters. The van der Waals surface area contributed by atoms with Gasteiger partial charge >= 0.3 is 0 Å². The van der Waals surface area contributed by atoms with Crippen LogP contribution in [-0.2, 0) is 4.74 Å². The van der Waals surface area contributed by atoms with Gasteiger partial charge < -0.3 is 10.1 Å². The van der Waals surface area contributed by atoms with Gasteiger partial charge in [0.15, 0.2) is 0 Å². The van der Waals surface area contributed by atoms with Crippen LogP contribution in [0.3, 0.4) is 0 Å². The van der Waals surface area contributed by atoms with Crippen molar-refractivity contribution in [1.29, 1.82) is 0 Å². The second-order valence-electron chi connectivity index (χ2n) is 3.93. The third-order valence-corrected chi connectivity index (χ3v) is 2.75. The predicted octanol–water partition coefficient (Wildman–Crippen LogP) is 2.98. The summed E-state index contributed by atoms with van der Waals surface area (Å²) >= 11 is 5.98. The van der Waals surface area contributed by atoms with Gasteiger partial charge in [0.05, 0.1) is 6.61 Å². The van der Waals surface area contributed by atoms with E-state index >= 15 is 0 Å². The van der Waals surface area contributed by atoms with E-state index in [2.05, 4.69) is 22.2 Å².